The third kappa shape index (κ3) is 2.81. The van der Waals surface area contributed by atoms with Gasteiger partial charge in [0, 0.05) is 22.5 Å². The van der Waals surface area contributed by atoms with E-state index in [-0.39, 0.29) is 4.96 Å². The summed E-state index contributed by atoms with van der Waals surface area (Å²) in [5.74, 6) is 0. The van der Waals surface area contributed by atoms with Crippen molar-refractivity contribution in [1.82, 2.24) is 14.4 Å². The van der Waals surface area contributed by atoms with Crippen LogP contribution in [-0.2, 0) is 6.18 Å². The molecule has 0 N–H and O–H groups in total. The van der Waals surface area contributed by atoms with E-state index in [0.717, 1.165) is 32.7 Å². The summed E-state index contributed by atoms with van der Waals surface area (Å²) in [7, 11) is 0. The minimum absolute atomic E-state index is 0.0139. The number of hydrogen-bond donors (Lipinski definition) is 0. The Morgan fingerprint density at radius 1 is 1.32 bits per heavy atom. The standard InChI is InChI=1S/C13H8F3N3OS2/c1-7-17-5-9(22-7)3-2-8-4-11(20)19-10(13(14,15)16)6-21-12(19)18-8/h2-6H,1H3. The molecule has 0 aliphatic carbocycles. The van der Waals surface area contributed by atoms with Crippen molar-refractivity contribution in [3.8, 4) is 0 Å². The lowest BCUT2D eigenvalue weighted by Gasteiger charge is -2.05. The van der Waals surface area contributed by atoms with Gasteiger partial charge in [-0.2, -0.15) is 13.2 Å². The molecular formula is C13H8F3N3OS2. The van der Waals surface area contributed by atoms with E-state index in [1.807, 2.05) is 6.92 Å². The predicted octanol–water partition coefficient (Wildman–Crippen LogP) is 3.71. The van der Waals surface area contributed by atoms with Gasteiger partial charge in [0.2, 0.25) is 0 Å². The first-order valence-corrected chi connectivity index (χ1v) is 7.73. The summed E-state index contributed by atoms with van der Waals surface area (Å²) < 4.78 is 39.0. The lowest BCUT2D eigenvalue weighted by Crippen LogP contribution is -2.20. The molecule has 22 heavy (non-hydrogen) atoms. The van der Waals surface area contributed by atoms with Crippen LogP contribution in [0.3, 0.4) is 0 Å². The van der Waals surface area contributed by atoms with Gasteiger partial charge in [-0.1, -0.05) is 0 Å². The molecule has 0 aliphatic heterocycles. The molecule has 0 aromatic carbocycles. The molecule has 0 atom stereocenters. The second-order valence-electron chi connectivity index (χ2n) is 4.37. The Balaban J connectivity index is 2.04. The lowest BCUT2D eigenvalue weighted by atomic mass is 10.3. The van der Waals surface area contributed by atoms with Crippen LogP contribution in [0.4, 0.5) is 13.2 Å². The number of fused-ring (bicyclic) bond motifs is 1. The molecule has 0 saturated carbocycles. The van der Waals surface area contributed by atoms with Crippen LogP contribution in [0.2, 0.25) is 0 Å². The molecule has 3 rings (SSSR count). The molecule has 3 heterocycles. The number of rotatable bonds is 2. The summed E-state index contributed by atoms with van der Waals surface area (Å²) in [5, 5.41) is 1.79. The van der Waals surface area contributed by atoms with Crippen molar-refractivity contribution in [1.29, 1.82) is 0 Å². The number of alkyl halides is 3. The van der Waals surface area contributed by atoms with E-state index in [4.69, 9.17) is 0 Å². The highest BCUT2D eigenvalue weighted by Gasteiger charge is 2.35. The van der Waals surface area contributed by atoms with Gasteiger partial charge in [-0.3, -0.25) is 4.79 Å². The Morgan fingerprint density at radius 3 is 2.73 bits per heavy atom. The zero-order valence-corrected chi connectivity index (χ0v) is 12.7. The van der Waals surface area contributed by atoms with E-state index < -0.39 is 17.4 Å². The largest absolute Gasteiger partial charge is 0.432 e. The van der Waals surface area contributed by atoms with Crippen molar-refractivity contribution in [3.05, 3.63) is 49.3 Å². The quantitative estimate of drug-likeness (QED) is 0.713. The van der Waals surface area contributed by atoms with Crippen molar-refractivity contribution in [2.45, 2.75) is 13.1 Å². The summed E-state index contributed by atoms with van der Waals surface area (Å²) in [5.41, 5.74) is -1.44. The average molecular weight is 343 g/mol. The number of thiazole rings is 2. The maximum absolute atomic E-state index is 12.8. The fourth-order valence-corrected chi connectivity index (χ4v) is 3.44. The van der Waals surface area contributed by atoms with Crippen molar-refractivity contribution < 1.29 is 13.2 Å². The van der Waals surface area contributed by atoms with Crippen LogP contribution in [0.25, 0.3) is 17.1 Å². The molecule has 3 aromatic heterocycles. The van der Waals surface area contributed by atoms with E-state index in [0.29, 0.717) is 10.1 Å². The summed E-state index contributed by atoms with van der Waals surface area (Å²) in [6.07, 6.45) is 0.401. The van der Waals surface area contributed by atoms with Crippen LogP contribution in [0, 0.1) is 6.92 Å². The Bertz CT molecular complexity index is 921. The number of halogens is 3. The Hall–Kier alpha value is -2.00. The molecule has 114 valence electrons. The van der Waals surface area contributed by atoms with Gasteiger partial charge in [0.15, 0.2) is 4.96 Å². The van der Waals surface area contributed by atoms with Gasteiger partial charge in [0.1, 0.15) is 5.69 Å². The van der Waals surface area contributed by atoms with Crippen molar-refractivity contribution in [3.63, 3.8) is 0 Å². The van der Waals surface area contributed by atoms with Crippen molar-refractivity contribution in [2.24, 2.45) is 0 Å². The molecule has 3 aromatic rings. The normalized spacial score (nSPS) is 12.5. The number of aryl methyl sites for hydroxylation is 1. The Labute approximate surface area is 130 Å². The topological polar surface area (TPSA) is 47.3 Å². The zero-order valence-electron chi connectivity index (χ0n) is 11.1. The average Bonchev–Trinajstić information content (AvgIpc) is 3.02. The molecule has 0 aliphatic rings. The Kier molecular flexibility index (Phi) is 3.61. The van der Waals surface area contributed by atoms with E-state index in [1.54, 1.807) is 18.3 Å². The third-order valence-corrected chi connectivity index (χ3v) is 4.48. The highest BCUT2D eigenvalue weighted by Crippen LogP contribution is 2.31. The highest BCUT2D eigenvalue weighted by molar-refractivity contribution is 7.15. The smallest absolute Gasteiger partial charge is 0.269 e. The van der Waals surface area contributed by atoms with Crippen LogP contribution < -0.4 is 5.56 Å². The monoisotopic (exact) mass is 343 g/mol. The van der Waals surface area contributed by atoms with Crippen LogP contribution in [0.5, 0.6) is 0 Å². The van der Waals surface area contributed by atoms with E-state index in [1.165, 1.54) is 11.3 Å². The van der Waals surface area contributed by atoms with Crippen LogP contribution in [0.1, 0.15) is 21.3 Å². The van der Waals surface area contributed by atoms with Crippen molar-refractivity contribution >= 4 is 39.8 Å². The molecule has 4 nitrogen and oxygen atoms in total. The first-order chi connectivity index (χ1) is 10.3. The first-order valence-electron chi connectivity index (χ1n) is 6.03. The fraction of sp³-hybridized carbons (Fsp3) is 0.154. The molecule has 0 fully saturated rings. The molecule has 0 saturated heterocycles. The van der Waals surface area contributed by atoms with Gasteiger partial charge in [-0.05, 0) is 19.1 Å². The second-order valence-corrected chi connectivity index (χ2v) is 6.47. The maximum Gasteiger partial charge on any atom is 0.432 e. The van der Waals surface area contributed by atoms with Gasteiger partial charge in [-0.25, -0.2) is 14.4 Å². The van der Waals surface area contributed by atoms with Crippen LogP contribution in [-0.4, -0.2) is 14.4 Å². The van der Waals surface area contributed by atoms with E-state index in [2.05, 4.69) is 9.97 Å². The summed E-state index contributed by atoms with van der Waals surface area (Å²) >= 11 is 2.25. The summed E-state index contributed by atoms with van der Waals surface area (Å²) in [4.78, 5) is 21.0. The van der Waals surface area contributed by atoms with Gasteiger partial charge in [0.05, 0.1) is 10.7 Å². The van der Waals surface area contributed by atoms with Crippen LogP contribution >= 0.6 is 22.7 Å². The summed E-state index contributed by atoms with van der Waals surface area (Å²) in [6, 6.07) is 1.08. The van der Waals surface area contributed by atoms with Gasteiger partial charge in [-0.15, -0.1) is 22.7 Å². The third-order valence-electron chi connectivity index (χ3n) is 2.77. The van der Waals surface area contributed by atoms with Gasteiger partial charge < -0.3 is 0 Å². The molecule has 0 bridgehead atoms. The molecule has 0 amide bonds. The van der Waals surface area contributed by atoms with Gasteiger partial charge in [0.25, 0.3) is 5.56 Å². The molecule has 0 unspecified atom stereocenters. The summed E-state index contributed by atoms with van der Waals surface area (Å²) in [6.45, 7) is 1.86. The second kappa shape index (κ2) is 5.33. The van der Waals surface area contributed by atoms with E-state index in [9.17, 15) is 18.0 Å². The maximum atomic E-state index is 12.8. The van der Waals surface area contributed by atoms with Gasteiger partial charge >= 0.3 is 6.18 Å². The first kappa shape index (κ1) is 14.9. The van der Waals surface area contributed by atoms with E-state index >= 15 is 0 Å². The molecule has 9 heteroatoms. The lowest BCUT2D eigenvalue weighted by molar-refractivity contribution is -0.141. The van der Waals surface area contributed by atoms with Crippen LogP contribution in [0.15, 0.2) is 22.4 Å². The number of nitrogens with zero attached hydrogens (tertiary/aromatic N) is 3. The minimum atomic E-state index is -4.58. The Morgan fingerprint density at radius 2 is 2.09 bits per heavy atom. The SMILES string of the molecule is Cc1ncc(C=Cc2cc(=O)n3c(C(F)(F)F)csc3n2)s1. The molecular weight excluding hydrogens is 335 g/mol. The highest BCUT2D eigenvalue weighted by atomic mass is 32.1. The molecule has 0 spiro atoms. The minimum Gasteiger partial charge on any atom is -0.269 e. The number of hydrogen-bond acceptors (Lipinski definition) is 5. The fourth-order valence-electron chi connectivity index (χ4n) is 1.84. The van der Waals surface area contributed by atoms with Crippen molar-refractivity contribution in [2.75, 3.05) is 0 Å². The number of aromatic nitrogens is 3. The zero-order chi connectivity index (χ0) is 15.9. The molecule has 0 radical (unpaired) electrons. The predicted molar refractivity (Wildman–Crippen MR) is 80.1 cm³/mol.